The highest BCUT2D eigenvalue weighted by Gasteiger charge is 2.26. The van der Waals surface area contributed by atoms with Gasteiger partial charge < -0.3 is 15.2 Å². The van der Waals surface area contributed by atoms with Gasteiger partial charge in [-0.25, -0.2) is 0 Å². The van der Waals surface area contributed by atoms with Crippen LogP contribution in [0.2, 0.25) is 5.02 Å². The second-order valence-corrected chi connectivity index (χ2v) is 4.95. The third kappa shape index (κ3) is 3.12. The van der Waals surface area contributed by atoms with E-state index in [1.54, 1.807) is 7.11 Å². The van der Waals surface area contributed by atoms with Gasteiger partial charge in [-0.3, -0.25) is 0 Å². The second kappa shape index (κ2) is 5.71. The summed E-state index contributed by atoms with van der Waals surface area (Å²) >= 11 is 6.13. The number of aliphatic hydroxyl groups excluding tert-OH is 1. The van der Waals surface area contributed by atoms with Crippen LogP contribution >= 0.6 is 11.6 Å². The zero-order chi connectivity index (χ0) is 12.3. The molecule has 1 fully saturated rings. The van der Waals surface area contributed by atoms with Crippen molar-refractivity contribution in [3.8, 4) is 5.75 Å². The standard InChI is InChI=1S/C13H18ClNO2/c1-17-13-4-2-3-12(14)11(13)8-15-7-9-5-10(16)6-9/h2-4,9-10,15-16H,5-8H2,1H3. The molecule has 0 spiro atoms. The van der Waals surface area contributed by atoms with Gasteiger partial charge >= 0.3 is 0 Å². The largest absolute Gasteiger partial charge is 0.496 e. The molecule has 1 aromatic carbocycles. The van der Waals surface area contributed by atoms with Gasteiger partial charge in [-0.05, 0) is 37.4 Å². The first-order valence-corrected chi connectivity index (χ1v) is 6.28. The van der Waals surface area contributed by atoms with E-state index in [0.29, 0.717) is 12.5 Å². The van der Waals surface area contributed by atoms with E-state index < -0.39 is 0 Å². The number of ether oxygens (including phenoxy) is 1. The molecule has 1 aliphatic carbocycles. The van der Waals surface area contributed by atoms with E-state index in [2.05, 4.69) is 5.32 Å². The average molecular weight is 256 g/mol. The molecule has 0 saturated heterocycles. The highest BCUT2D eigenvalue weighted by Crippen LogP contribution is 2.28. The maximum atomic E-state index is 9.19. The molecule has 0 heterocycles. The zero-order valence-corrected chi connectivity index (χ0v) is 10.7. The van der Waals surface area contributed by atoms with Crippen molar-refractivity contribution in [2.75, 3.05) is 13.7 Å². The normalized spacial score (nSPS) is 23.2. The Morgan fingerprint density at radius 2 is 2.24 bits per heavy atom. The van der Waals surface area contributed by atoms with E-state index in [0.717, 1.165) is 35.7 Å². The first-order valence-electron chi connectivity index (χ1n) is 5.91. The van der Waals surface area contributed by atoms with Crippen molar-refractivity contribution >= 4 is 11.6 Å². The molecule has 3 nitrogen and oxygen atoms in total. The Morgan fingerprint density at radius 3 is 2.88 bits per heavy atom. The number of nitrogens with one attached hydrogen (secondary N) is 1. The SMILES string of the molecule is COc1cccc(Cl)c1CNCC1CC(O)C1. The van der Waals surface area contributed by atoms with Crippen molar-refractivity contribution in [3.05, 3.63) is 28.8 Å². The topological polar surface area (TPSA) is 41.5 Å². The van der Waals surface area contributed by atoms with Gasteiger partial charge in [0.05, 0.1) is 13.2 Å². The minimum atomic E-state index is -0.0864. The molecular formula is C13H18ClNO2. The fourth-order valence-electron chi connectivity index (χ4n) is 2.17. The number of benzene rings is 1. The molecular weight excluding hydrogens is 238 g/mol. The summed E-state index contributed by atoms with van der Waals surface area (Å²) < 4.78 is 5.28. The summed E-state index contributed by atoms with van der Waals surface area (Å²) in [4.78, 5) is 0. The van der Waals surface area contributed by atoms with E-state index in [9.17, 15) is 5.11 Å². The summed E-state index contributed by atoms with van der Waals surface area (Å²) in [5.74, 6) is 1.41. The number of hydrogen-bond donors (Lipinski definition) is 2. The summed E-state index contributed by atoms with van der Waals surface area (Å²) in [5.41, 5.74) is 0.997. The van der Waals surface area contributed by atoms with Gasteiger partial charge in [0.2, 0.25) is 0 Å². The van der Waals surface area contributed by atoms with Crippen molar-refractivity contribution in [2.45, 2.75) is 25.5 Å². The van der Waals surface area contributed by atoms with Crippen LogP contribution in [0, 0.1) is 5.92 Å². The lowest BCUT2D eigenvalue weighted by Crippen LogP contribution is -2.35. The van der Waals surface area contributed by atoms with E-state index in [-0.39, 0.29) is 6.10 Å². The minimum Gasteiger partial charge on any atom is -0.496 e. The van der Waals surface area contributed by atoms with Crippen LogP contribution in [0.1, 0.15) is 18.4 Å². The minimum absolute atomic E-state index is 0.0864. The van der Waals surface area contributed by atoms with Crippen LogP contribution in [0.25, 0.3) is 0 Å². The Kier molecular flexibility index (Phi) is 4.26. The Morgan fingerprint density at radius 1 is 1.47 bits per heavy atom. The molecule has 2 rings (SSSR count). The molecule has 4 heteroatoms. The molecule has 0 atom stereocenters. The van der Waals surface area contributed by atoms with Crippen molar-refractivity contribution in [1.82, 2.24) is 5.32 Å². The predicted molar refractivity (Wildman–Crippen MR) is 68.4 cm³/mol. The van der Waals surface area contributed by atoms with Crippen molar-refractivity contribution in [3.63, 3.8) is 0 Å². The molecule has 0 aromatic heterocycles. The van der Waals surface area contributed by atoms with Gasteiger partial charge in [0.25, 0.3) is 0 Å². The van der Waals surface area contributed by atoms with Gasteiger partial charge in [-0.15, -0.1) is 0 Å². The van der Waals surface area contributed by atoms with Crippen molar-refractivity contribution < 1.29 is 9.84 Å². The molecule has 0 amide bonds. The lowest BCUT2D eigenvalue weighted by molar-refractivity contribution is 0.0429. The third-order valence-corrected chi connectivity index (χ3v) is 3.60. The van der Waals surface area contributed by atoms with Crippen LogP contribution in [0.5, 0.6) is 5.75 Å². The highest BCUT2D eigenvalue weighted by atomic mass is 35.5. The number of aliphatic hydroxyl groups is 1. The van der Waals surface area contributed by atoms with E-state index in [4.69, 9.17) is 16.3 Å². The summed E-state index contributed by atoms with van der Waals surface area (Å²) in [5, 5.41) is 13.3. The monoisotopic (exact) mass is 255 g/mol. The fraction of sp³-hybridized carbons (Fsp3) is 0.538. The number of hydrogen-bond acceptors (Lipinski definition) is 3. The van der Waals surface area contributed by atoms with Crippen LogP contribution < -0.4 is 10.1 Å². The highest BCUT2D eigenvalue weighted by molar-refractivity contribution is 6.31. The van der Waals surface area contributed by atoms with Crippen LogP contribution in [0.15, 0.2) is 18.2 Å². The predicted octanol–water partition coefficient (Wildman–Crippen LogP) is 2.21. The van der Waals surface area contributed by atoms with E-state index in [1.807, 2.05) is 18.2 Å². The quantitative estimate of drug-likeness (QED) is 0.848. The first-order chi connectivity index (χ1) is 8.20. The van der Waals surface area contributed by atoms with Crippen LogP contribution in [0.3, 0.4) is 0 Å². The maximum absolute atomic E-state index is 9.19. The number of halogens is 1. The third-order valence-electron chi connectivity index (χ3n) is 3.24. The molecule has 94 valence electrons. The van der Waals surface area contributed by atoms with Crippen molar-refractivity contribution in [2.24, 2.45) is 5.92 Å². The average Bonchev–Trinajstić information content (AvgIpc) is 2.28. The van der Waals surface area contributed by atoms with E-state index in [1.165, 1.54) is 0 Å². The first kappa shape index (κ1) is 12.7. The molecule has 0 unspecified atom stereocenters. The van der Waals surface area contributed by atoms with Crippen molar-refractivity contribution in [1.29, 1.82) is 0 Å². The molecule has 0 aliphatic heterocycles. The van der Waals surface area contributed by atoms with E-state index >= 15 is 0 Å². The summed E-state index contributed by atoms with van der Waals surface area (Å²) in [6.07, 6.45) is 1.73. The summed E-state index contributed by atoms with van der Waals surface area (Å²) in [6.45, 7) is 1.63. The lowest BCUT2D eigenvalue weighted by Gasteiger charge is -2.31. The molecule has 1 aromatic rings. The van der Waals surface area contributed by atoms with Gasteiger partial charge in [-0.1, -0.05) is 17.7 Å². The number of methoxy groups -OCH3 is 1. The Labute approximate surface area is 107 Å². The maximum Gasteiger partial charge on any atom is 0.124 e. The smallest absolute Gasteiger partial charge is 0.124 e. The Bertz CT molecular complexity index is 378. The Hall–Kier alpha value is -0.770. The molecule has 17 heavy (non-hydrogen) atoms. The van der Waals surface area contributed by atoms with Gasteiger partial charge in [-0.2, -0.15) is 0 Å². The van der Waals surface area contributed by atoms with Crippen LogP contribution in [-0.2, 0) is 6.54 Å². The Balaban J connectivity index is 1.85. The van der Waals surface area contributed by atoms with Crippen LogP contribution in [-0.4, -0.2) is 24.9 Å². The second-order valence-electron chi connectivity index (χ2n) is 4.54. The zero-order valence-electron chi connectivity index (χ0n) is 9.95. The summed E-state index contributed by atoms with van der Waals surface area (Å²) in [7, 11) is 1.65. The molecule has 2 N–H and O–H groups in total. The molecule has 1 aliphatic rings. The molecule has 1 saturated carbocycles. The lowest BCUT2D eigenvalue weighted by atomic mass is 9.82. The van der Waals surface area contributed by atoms with Crippen LogP contribution in [0.4, 0.5) is 0 Å². The molecule has 0 radical (unpaired) electrons. The summed E-state index contributed by atoms with van der Waals surface area (Å²) in [6, 6.07) is 5.66. The molecule has 0 bridgehead atoms. The van der Waals surface area contributed by atoms with Gasteiger partial charge in [0.1, 0.15) is 5.75 Å². The fourth-order valence-corrected chi connectivity index (χ4v) is 2.40. The van der Waals surface area contributed by atoms with Gasteiger partial charge in [0.15, 0.2) is 0 Å². The number of rotatable bonds is 5. The van der Waals surface area contributed by atoms with Gasteiger partial charge in [0, 0.05) is 17.1 Å².